The highest BCUT2D eigenvalue weighted by atomic mass is 16.5. The lowest BCUT2D eigenvalue weighted by Gasteiger charge is -2.09. The predicted molar refractivity (Wildman–Crippen MR) is 57.5 cm³/mol. The molecule has 0 spiro atoms. The van der Waals surface area contributed by atoms with Gasteiger partial charge in [0.2, 0.25) is 0 Å². The molecule has 92 valence electrons. The van der Waals surface area contributed by atoms with Crippen LogP contribution in [0, 0.1) is 0 Å². The van der Waals surface area contributed by atoms with Crippen molar-refractivity contribution in [2.75, 3.05) is 19.0 Å². The number of anilines is 1. The van der Waals surface area contributed by atoms with E-state index in [2.05, 4.69) is 20.3 Å². The normalized spacial score (nSPS) is 19.0. The number of aromatic nitrogens is 2. The van der Waals surface area contributed by atoms with Gasteiger partial charge in [-0.3, -0.25) is 9.89 Å². The van der Waals surface area contributed by atoms with Gasteiger partial charge in [-0.2, -0.15) is 5.10 Å². The van der Waals surface area contributed by atoms with Gasteiger partial charge in [-0.1, -0.05) is 0 Å². The molecule has 0 bridgehead atoms. The summed E-state index contributed by atoms with van der Waals surface area (Å²) in [5.41, 5.74) is 0.358. The van der Waals surface area contributed by atoms with Crippen LogP contribution in [0.4, 0.5) is 5.69 Å². The van der Waals surface area contributed by atoms with Crippen LogP contribution in [0.3, 0.4) is 0 Å². The Morgan fingerprint density at radius 3 is 3.12 bits per heavy atom. The summed E-state index contributed by atoms with van der Waals surface area (Å²) in [6.45, 7) is 0.591. The van der Waals surface area contributed by atoms with Crippen molar-refractivity contribution < 1.29 is 19.1 Å². The molecule has 1 amide bonds. The minimum Gasteiger partial charge on any atom is -0.464 e. The fourth-order valence-electron chi connectivity index (χ4n) is 1.64. The third-order valence-corrected chi connectivity index (χ3v) is 2.50. The number of ether oxygens (including phenoxy) is 2. The van der Waals surface area contributed by atoms with E-state index in [0.29, 0.717) is 18.7 Å². The van der Waals surface area contributed by atoms with Crippen molar-refractivity contribution in [2.24, 2.45) is 0 Å². The Morgan fingerprint density at radius 2 is 2.47 bits per heavy atom. The maximum atomic E-state index is 11.7. The number of H-pyrrole nitrogens is 1. The quantitative estimate of drug-likeness (QED) is 0.740. The maximum Gasteiger partial charge on any atom is 0.360 e. The van der Waals surface area contributed by atoms with E-state index in [-0.39, 0.29) is 11.6 Å². The average molecular weight is 239 g/mol. The molecule has 7 heteroatoms. The first-order chi connectivity index (χ1) is 8.22. The highest BCUT2D eigenvalue weighted by Crippen LogP contribution is 2.17. The topological polar surface area (TPSA) is 93.3 Å². The van der Waals surface area contributed by atoms with Gasteiger partial charge in [0, 0.05) is 12.8 Å². The first-order valence-corrected chi connectivity index (χ1v) is 5.27. The molecule has 0 radical (unpaired) electrons. The Bertz CT molecular complexity index is 423. The summed E-state index contributed by atoms with van der Waals surface area (Å²) in [5.74, 6) is -0.872. The van der Waals surface area contributed by atoms with Crippen LogP contribution in [-0.2, 0) is 14.3 Å². The number of nitrogens with one attached hydrogen (secondary N) is 2. The smallest absolute Gasteiger partial charge is 0.360 e. The largest absolute Gasteiger partial charge is 0.464 e. The van der Waals surface area contributed by atoms with E-state index < -0.39 is 12.1 Å². The van der Waals surface area contributed by atoms with Gasteiger partial charge in [0.1, 0.15) is 6.10 Å². The number of amides is 1. The van der Waals surface area contributed by atoms with Gasteiger partial charge in [0.15, 0.2) is 5.69 Å². The summed E-state index contributed by atoms with van der Waals surface area (Å²) in [5, 5.41) is 8.80. The molecule has 1 aromatic rings. The predicted octanol–water partition coefficient (Wildman–Crippen LogP) is 0.314. The Balaban J connectivity index is 2.05. The van der Waals surface area contributed by atoms with E-state index in [4.69, 9.17) is 4.74 Å². The summed E-state index contributed by atoms with van der Waals surface area (Å²) in [4.78, 5) is 23.1. The summed E-state index contributed by atoms with van der Waals surface area (Å²) in [6.07, 6.45) is 2.54. The van der Waals surface area contributed by atoms with Crippen LogP contribution in [0.25, 0.3) is 0 Å². The molecule has 1 aliphatic heterocycles. The van der Waals surface area contributed by atoms with E-state index in [9.17, 15) is 9.59 Å². The number of hydrogen-bond donors (Lipinski definition) is 2. The van der Waals surface area contributed by atoms with Gasteiger partial charge in [0.25, 0.3) is 5.91 Å². The fraction of sp³-hybridized carbons (Fsp3) is 0.500. The maximum absolute atomic E-state index is 11.7. The molecule has 2 N–H and O–H groups in total. The number of nitrogens with zero attached hydrogens (tertiary/aromatic N) is 1. The molecular weight excluding hydrogens is 226 g/mol. The highest BCUT2D eigenvalue weighted by Gasteiger charge is 2.25. The van der Waals surface area contributed by atoms with Gasteiger partial charge in [-0.25, -0.2) is 4.79 Å². The second-order valence-corrected chi connectivity index (χ2v) is 3.63. The fourth-order valence-corrected chi connectivity index (χ4v) is 1.64. The summed E-state index contributed by atoms with van der Waals surface area (Å²) in [7, 11) is 1.25. The Hall–Kier alpha value is -1.89. The van der Waals surface area contributed by atoms with Crippen LogP contribution in [0.2, 0.25) is 0 Å². The van der Waals surface area contributed by atoms with Gasteiger partial charge in [0.05, 0.1) is 12.8 Å². The number of hydrogen-bond acceptors (Lipinski definition) is 5. The van der Waals surface area contributed by atoms with Crippen LogP contribution in [0.1, 0.15) is 23.3 Å². The van der Waals surface area contributed by atoms with Gasteiger partial charge < -0.3 is 14.8 Å². The first kappa shape index (κ1) is 11.6. The number of esters is 1. The van der Waals surface area contributed by atoms with Crippen molar-refractivity contribution in [1.82, 2.24) is 10.2 Å². The van der Waals surface area contributed by atoms with Crippen molar-refractivity contribution in [3.8, 4) is 0 Å². The summed E-state index contributed by atoms with van der Waals surface area (Å²) < 4.78 is 9.77. The molecule has 1 atom stereocenters. The second kappa shape index (κ2) is 4.96. The second-order valence-electron chi connectivity index (χ2n) is 3.63. The zero-order valence-corrected chi connectivity index (χ0v) is 9.36. The Labute approximate surface area is 97.5 Å². The number of carbonyl (C=O) groups is 2. The molecule has 0 aromatic carbocycles. The van der Waals surface area contributed by atoms with E-state index in [1.807, 2.05) is 0 Å². The Kier molecular flexibility index (Phi) is 3.38. The molecule has 1 aromatic heterocycles. The van der Waals surface area contributed by atoms with Crippen molar-refractivity contribution in [3.05, 3.63) is 11.9 Å². The zero-order valence-electron chi connectivity index (χ0n) is 9.36. The van der Waals surface area contributed by atoms with E-state index in [1.54, 1.807) is 0 Å². The van der Waals surface area contributed by atoms with Crippen LogP contribution in [0.5, 0.6) is 0 Å². The van der Waals surface area contributed by atoms with Crippen LogP contribution in [0.15, 0.2) is 6.20 Å². The SMILES string of the molecule is COC(=O)c1n[nH]cc1NC(=O)C1CCCO1. The molecule has 1 aliphatic rings. The number of methoxy groups -OCH3 is 1. The molecule has 1 fully saturated rings. The molecule has 0 aliphatic carbocycles. The first-order valence-electron chi connectivity index (χ1n) is 5.27. The van der Waals surface area contributed by atoms with E-state index in [0.717, 1.165) is 6.42 Å². The van der Waals surface area contributed by atoms with Crippen LogP contribution in [-0.4, -0.2) is 41.9 Å². The summed E-state index contributed by atoms with van der Waals surface area (Å²) >= 11 is 0. The third-order valence-electron chi connectivity index (χ3n) is 2.50. The van der Waals surface area contributed by atoms with Crippen LogP contribution >= 0.6 is 0 Å². The average Bonchev–Trinajstić information content (AvgIpc) is 2.98. The Morgan fingerprint density at radius 1 is 1.65 bits per heavy atom. The molecule has 0 saturated carbocycles. The van der Waals surface area contributed by atoms with Gasteiger partial charge in [-0.15, -0.1) is 0 Å². The molecule has 1 saturated heterocycles. The van der Waals surface area contributed by atoms with Crippen molar-refractivity contribution in [2.45, 2.75) is 18.9 Å². The lowest BCUT2D eigenvalue weighted by atomic mass is 10.2. The van der Waals surface area contributed by atoms with Crippen LogP contribution < -0.4 is 5.32 Å². The molecule has 17 heavy (non-hydrogen) atoms. The minimum absolute atomic E-state index is 0.0545. The number of carbonyl (C=O) groups excluding carboxylic acids is 2. The van der Waals surface area contributed by atoms with Crippen molar-refractivity contribution in [3.63, 3.8) is 0 Å². The standard InChI is InChI=1S/C10H13N3O4/c1-16-10(15)8-6(5-11-13-8)12-9(14)7-3-2-4-17-7/h5,7H,2-4H2,1H3,(H,11,13)(H,12,14). The molecule has 1 unspecified atom stereocenters. The lowest BCUT2D eigenvalue weighted by molar-refractivity contribution is -0.124. The van der Waals surface area contributed by atoms with Crippen molar-refractivity contribution >= 4 is 17.6 Å². The van der Waals surface area contributed by atoms with E-state index in [1.165, 1.54) is 13.3 Å². The van der Waals surface area contributed by atoms with Gasteiger partial charge in [-0.05, 0) is 12.8 Å². The number of aromatic amines is 1. The minimum atomic E-state index is -0.603. The highest BCUT2D eigenvalue weighted by molar-refractivity contribution is 6.01. The monoisotopic (exact) mass is 239 g/mol. The molecule has 2 heterocycles. The molecule has 2 rings (SSSR count). The number of rotatable bonds is 3. The van der Waals surface area contributed by atoms with Gasteiger partial charge >= 0.3 is 5.97 Å². The molecular formula is C10H13N3O4. The third kappa shape index (κ3) is 2.44. The summed E-state index contributed by atoms with van der Waals surface area (Å²) in [6, 6.07) is 0. The molecule has 7 nitrogen and oxygen atoms in total. The van der Waals surface area contributed by atoms with E-state index >= 15 is 0 Å². The lowest BCUT2D eigenvalue weighted by Crippen LogP contribution is -2.27. The zero-order chi connectivity index (χ0) is 12.3. The van der Waals surface area contributed by atoms with Crippen molar-refractivity contribution in [1.29, 1.82) is 0 Å².